The number of nitrogen functional groups attached to an aromatic ring is 1. The van der Waals surface area contributed by atoms with Crippen molar-refractivity contribution < 1.29 is 18.3 Å². The van der Waals surface area contributed by atoms with Crippen molar-refractivity contribution in [3.8, 4) is 11.5 Å². The second-order valence-corrected chi connectivity index (χ2v) is 8.71. The van der Waals surface area contributed by atoms with Crippen LogP contribution in [-0.2, 0) is 4.79 Å². The smallest absolute Gasteiger partial charge is 0.245 e. The molecule has 7 nitrogen and oxygen atoms in total. The first kappa shape index (κ1) is 25.7. The van der Waals surface area contributed by atoms with Crippen LogP contribution in [0.1, 0.15) is 29.7 Å². The number of aliphatic imine (C=N–C) groups is 1. The number of halogens is 2. The second kappa shape index (κ2) is 11.1. The molecule has 1 fully saturated rings. The summed E-state index contributed by atoms with van der Waals surface area (Å²) < 4.78 is 34.4. The molecule has 1 aliphatic rings. The minimum atomic E-state index is -0.608. The Labute approximate surface area is 214 Å². The number of amides is 1. The molecule has 1 aromatic heterocycles. The number of anilines is 1. The Morgan fingerprint density at radius 1 is 1.24 bits per heavy atom. The van der Waals surface area contributed by atoms with Gasteiger partial charge in [-0.25, -0.2) is 18.7 Å². The van der Waals surface area contributed by atoms with Crippen molar-refractivity contribution in [2.24, 2.45) is 10.9 Å². The van der Waals surface area contributed by atoms with Gasteiger partial charge in [0, 0.05) is 37.8 Å². The van der Waals surface area contributed by atoms with E-state index in [-0.39, 0.29) is 40.4 Å². The summed E-state index contributed by atoms with van der Waals surface area (Å²) in [5, 5.41) is 0. The first-order valence-electron chi connectivity index (χ1n) is 11.7. The number of ether oxygens (including phenoxy) is 1. The van der Waals surface area contributed by atoms with Crippen LogP contribution in [0.5, 0.6) is 11.5 Å². The van der Waals surface area contributed by atoms with E-state index in [0.717, 1.165) is 6.42 Å². The van der Waals surface area contributed by atoms with Crippen LogP contribution in [-0.4, -0.2) is 46.6 Å². The highest BCUT2D eigenvalue weighted by Crippen LogP contribution is 2.32. The molecule has 0 spiro atoms. The lowest BCUT2D eigenvalue weighted by Gasteiger charge is -2.18. The van der Waals surface area contributed by atoms with Gasteiger partial charge in [-0.15, -0.1) is 0 Å². The fourth-order valence-corrected chi connectivity index (χ4v) is 4.46. The van der Waals surface area contributed by atoms with Crippen LogP contribution in [0, 0.1) is 17.6 Å². The van der Waals surface area contributed by atoms with E-state index in [4.69, 9.17) is 10.5 Å². The number of hydrogen-bond donors (Lipinski definition) is 1. The SMILES string of the molecule is C=CC(=O)N1CC[C@@H](CC(=C)c2ncnc(N)c2C(=NC)c2ccc(Oc3cccc(F)c3)cc2F)C1. The van der Waals surface area contributed by atoms with Crippen LogP contribution in [0.15, 0.2) is 73.0 Å². The lowest BCUT2D eigenvalue weighted by Crippen LogP contribution is -2.26. The summed E-state index contributed by atoms with van der Waals surface area (Å²) in [6, 6.07) is 9.86. The van der Waals surface area contributed by atoms with Crippen molar-refractivity contribution in [1.29, 1.82) is 0 Å². The van der Waals surface area contributed by atoms with E-state index in [1.165, 1.54) is 49.8 Å². The molecule has 3 aromatic rings. The molecule has 1 saturated heterocycles. The van der Waals surface area contributed by atoms with Crippen molar-refractivity contribution >= 4 is 23.0 Å². The predicted molar refractivity (Wildman–Crippen MR) is 139 cm³/mol. The average molecular weight is 504 g/mol. The van der Waals surface area contributed by atoms with Crippen molar-refractivity contribution in [2.75, 3.05) is 25.9 Å². The molecule has 0 aliphatic carbocycles. The van der Waals surface area contributed by atoms with E-state index in [1.54, 1.807) is 17.0 Å². The molecule has 1 atom stereocenters. The largest absolute Gasteiger partial charge is 0.457 e. The highest BCUT2D eigenvalue weighted by Gasteiger charge is 2.28. The van der Waals surface area contributed by atoms with Crippen molar-refractivity contribution in [1.82, 2.24) is 14.9 Å². The molecule has 2 heterocycles. The number of allylic oxidation sites excluding steroid dienone is 1. The molecule has 2 aromatic carbocycles. The molecule has 190 valence electrons. The maximum atomic E-state index is 15.3. The second-order valence-electron chi connectivity index (χ2n) is 8.71. The number of aromatic nitrogens is 2. The highest BCUT2D eigenvalue weighted by atomic mass is 19.1. The zero-order valence-electron chi connectivity index (χ0n) is 20.5. The lowest BCUT2D eigenvalue weighted by atomic mass is 9.92. The number of benzene rings is 2. The fourth-order valence-electron chi connectivity index (χ4n) is 4.46. The Morgan fingerprint density at radius 3 is 2.73 bits per heavy atom. The topological polar surface area (TPSA) is 93.7 Å². The Hall–Kier alpha value is -4.40. The summed E-state index contributed by atoms with van der Waals surface area (Å²) in [5.41, 5.74) is 8.22. The molecule has 4 rings (SSSR count). The van der Waals surface area contributed by atoms with Crippen molar-refractivity contribution in [3.63, 3.8) is 0 Å². The highest BCUT2D eigenvalue weighted by molar-refractivity contribution is 6.17. The molecule has 1 amide bonds. The van der Waals surface area contributed by atoms with Gasteiger partial charge in [-0.05, 0) is 54.7 Å². The standard InChI is InChI=1S/C28H27F2N5O2/c1-4-24(36)35-11-10-18(15-35)12-17(2)26-25(28(31)34-16-33-26)27(32-3)22-9-8-21(14-23(22)30)37-20-7-5-6-19(29)13-20/h4-9,13-14,16,18H,1-2,10-12,15H2,3H3,(H2,31,33,34)/t18-/m0/s1. The number of nitrogens with two attached hydrogens (primary N) is 1. The predicted octanol–water partition coefficient (Wildman–Crippen LogP) is 5.03. The third-order valence-corrected chi connectivity index (χ3v) is 6.21. The number of carbonyl (C=O) groups excluding carboxylic acids is 1. The lowest BCUT2D eigenvalue weighted by molar-refractivity contribution is -0.125. The molecule has 2 N–H and O–H groups in total. The fraction of sp³-hybridized carbons (Fsp3) is 0.214. The quantitative estimate of drug-likeness (QED) is 0.344. The third-order valence-electron chi connectivity index (χ3n) is 6.21. The van der Waals surface area contributed by atoms with Gasteiger partial charge in [0.2, 0.25) is 5.91 Å². The molecule has 0 bridgehead atoms. The number of nitrogens with zero attached hydrogens (tertiary/aromatic N) is 4. The molecule has 9 heteroatoms. The number of likely N-dealkylation sites (tertiary alicyclic amines) is 1. The van der Waals surface area contributed by atoms with Crippen LogP contribution in [0.25, 0.3) is 5.57 Å². The third kappa shape index (κ3) is 5.72. The van der Waals surface area contributed by atoms with Gasteiger partial charge in [0.25, 0.3) is 0 Å². The summed E-state index contributed by atoms with van der Waals surface area (Å²) in [5.74, 6) is -0.385. The summed E-state index contributed by atoms with van der Waals surface area (Å²) in [4.78, 5) is 26.5. The van der Waals surface area contributed by atoms with Gasteiger partial charge < -0.3 is 15.4 Å². The number of rotatable bonds is 8. The monoisotopic (exact) mass is 503 g/mol. The van der Waals surface area contributed by atoms with E-state index in [1.807, 2.05) is 0 Å². The minimum Gasteiger partial charge on any atom is -0.457 e. The van der Waals surface area contributed by atoms with Gasteiger partial charge in [0.05, 0.1) is 17.0 Å². The van der Waals surface area contributed by atoms with Crippen LogP contribution in [0.2, 0.25) is 0 Å². The van der Waals surface area contributed by atoms with Crippen LogP contribution >= 0.6 is 0 Å². The first-order valence-corrected chi connectivity index (χ1v) is 11.7. The number of hydrogen-bond acceptors (Lipinski definition) is 6. The van der Waals surface area contributed by atoms with Crippen LogP contribution in [0.4, 0.5) is 14.6 Å². The minimum absolute atomic E-state index is 0.0965. The van der Waals surface area contributed by atoms with Gasteiger partial charge in [-0.2, -0.15) is 0 Å². The first-order chi connectivity index (χ1) is 17.8. The van der Waals surface area contributed by atoms with Crippen molar-refractivity contribution in [3.05, 3.63) is 96.5 Å². The summed E-state index contributed by atoms with van der Waals surface area (Å²) >= 11 is 0. The Bertz CT molecular complexity index is 1390. The van der Waals surface area contributed by atoms with Crippen LogP contribution < -0.4 is 10.5 Å². The molecule has 1 aliphatic heterocycles. The van der Waals surface area contributed by atoms with E-state index in [9.17, 15) is 9.18 Å². The Morgan fingerprint density at radius 2 is 2.03 bits per heavy atom. The summed E-state index contributed by atoms with van der Waals surface area (Å²) in [6.07, 6.45) is 4.05. The Balaban J connectivity index is 1.60. The molecular weight excluding hydrogens is 476 g/mol. The Kier molecular flexibility index (Phi) is 7.71. The normalized spacial score (nSPS) is 15.5. The van der Waals surface area contributed by atoms with Gasteiger partial charge in [0.1, 0.15) is 35.3 Å². The summed E-state index contributed by atoms with van der Waals surface area (Å²) in [7, 11) is 1.53. The number of carbonyl (C=O) groups is 1. The van der Waals surface area contributed by atoms with E-state index in [0.29, 0.717) is 36.3 Å². The molecule has 0 unspecified atom stereocenters. The van der Waals surface area contributed by atoms with Gasteiger partial charge in [-0.1, -0.05) is 19.2 Å². The molecule has 37 heavy (non-hydrogen) atoms. The van der Waals surface area contributed by atoms with Crippen molar-refractivity contribution in [2.45, 2.75) is 12.8 Å². The van der Waals surface area contributed by atoms with E-state index in [2.05, 4.69) is 28.1 Å². The maximum absolute atomic E-state index is 15.3. The van der Waals surface area contributed by atoms with E-state index < -0.39 is 11.6 Å². The maximum Gasteiger partial charge on any atom is 0.245 e. The zero-order valence-corrected chi connectivity index (χ0v) is 20.5. The van der Waals surface area contributed by atoms with Gasteiger partial charge in [0.15, 0.2) is 0 Å². The van der Waals surface area contributed by atoms with E-state index >= 15 is 4.39 Å². The van der Waals surface area contributed by atoms with Gasteiger partial charge >= 0.3 is 0 Å². The zero-order chi connectivity index (χ0) is 26.5. The summed E-state index contributed by atoms with van der Waals surface area (Å²) in [6.45, 7) is 9.00. The van der Waals surface area contributed by atoms with Crippen LogP contribution in [0.3, 0.4) is 0 Å². The van der Waals surface area contributed by atoms with Gasteiger partial charge in [-0.3, -0.25) is 9.79 Å². The average Bonchev–Trinajstić information content (AvgIpc) is 3.34. The molecule has 0 radical (unpaired) electrons. The molecular formula is C28H27F2N5O2. The molecule has 0 saturated carbocycles.